The Morgan fingerprint density at radius 1 is 1.35 bits per heavy atom. The molecule has 0 aliphatic heterocycles. The minimum Gasteiger partial charge on any atom is -0.309 e. The van der Waals surface area contributed by atoms with E-state index in [0.29, 0.717) is 17.0 Å². The van der Waals surface area contributed by atoms with Gasteiger partial charge in [-0.15, -0.1) is 0 Å². The molecule has 1 N–H and O–H groups in total. The molecule has 0 aliphatic rings. The lowest BCUT2D eigenvalue weighted by Crippen LogP contribution is -2.24. The van der Waals surface area contributed by atoms with Crippen LogP contribution in [-0.2, 0) is 6.42 Å². The van der Waals surface area contributed by atoms with Gasteiger partial charge in [0.05, 0.1) is 11.7 Å². The fourth-order valence-corrected chi connectivity index (χ4v) is 2.53. The van der Waals surface area contributed by atoms with E-state index in [1.54, 1.807) is 18.3 Å². The molecule has 2 aromatic rings. The number of likely N-dealkylation sites (N-methyl/N-ethyl adjacent to an activating group) is 1. The second-order valence-corrected chi connectivity index (χ2v) is 5.74. The number of aromatic nitrogens is 1. The molecular weight excluding hydrogens is 343 g/mol. The number of nitrogens with one attached hydrogen (secondary N) is 1. The Morgan fingerprint density at radius 3 is 2.75 bits per heavy atom. The van der Waals surface area contributed by atoms with E-state index in [1.807, 2.05) is 19.1 Å². The van der Waals surface area contributed by atoms with Gasteiger partial charge < -0.3 is 5.32 Å². The normalized spacial score (nSPS) is 12.4. The van der Waals surface area contributed by atoms with Crippen molar-refractivity contribution in [3.05, 3.63) is 63.1 Å². The summed E-state index contributed by atoms with van der Waals surface area (Å²) in [4.78, 5) is 4.38. The fraction of sp³-hybridized carbons (Fsp3) is 0.267. The first kappa shape index (κ1) is 15.4. The van der Waals surface area contributed by atoms with Crippen LogP contribution in [0.25, 0.3) is 0 Å². The van der Waals surface area contributed by atoms with Crippen molar-refractivity contribution >= 4 is 27.5 Å². The SMILES string of the molecule is CCNC(Cc1c(F)cccc1Cl)c1ccc(Br)cn1. The fourth-order valence-electron chi connectivity index (χ4n) is 2.05. The summed E-state index contributed by atoms with van der Waals surface area (Å²) >= 11 is 9.45. The van der Waals surface area contributed by atoms with Crippen LogP contribution in [0.3, 0.4) is 0 Å². The monoisotopic (exact) mass is 356 g/mol. The molecule has 2 nitrogen and oxygen atoms in total. The maximum atomic E-state index is 13.9. The predicted octanol–water partition coefficient (Wildman–Crippen LogP) is 4.53. The first-order chi connectivity index (χ1) is 9.61. The summed E-state index contributed by atoms with van der Waals surface area (Å²) < 4.78 is 14.8. The molecule has 1 aromatic carbocycles. The standard InChI is InChI=1S/C15H15BrClFN2/c1-2-19-15(14-7-6-10(16)9-20-14)8-11-12(17)4-3-5-13(11)18/h3-7,9,15,19H,2,8H2,1H3. The van der Waals surface area contributed by atoms with Gasteiger partial charge in [-0.25, -0.2) is 4.39 Å². The molecule has 0 amide bonds. The van der Waals surface area contributed by atoms with Crippen molar-refractivity contribution in [2.75, 3.05) is 6.54 Å². The van der Waals surface area contributed by atoms with Gasteiger partial charge in [-0.05, 0) is 53.2 Å². The zero-order valence-electron chi connectivity index (χ0n) is 11.0. The van der Waals surface area contributed by atoms with Crippen LogP contribution in [0.2, 0.25) is 5.02 Å². The van der Waals surface area contributed by atoms with E-state index < -0.39 is 0 Å². The molecule has 0 saturated heterocycles. The molecule has 1 heterocycles. The van der Waals surface area contributed by atoms with Crippen LogP contribution in [0.1, 0.15) is 24.2 Å². The third kappa shape index (κ3) is 3.78. The highest BCUT2D eigenvalue weighted by Gasteiger charge is 2.17. The van der Waals surface area contributed by atoms with Crippen molar-refractivity contribution in [3.8, 4) is 0 Å². The second kappa shape index (κ2) is 7.16. The Labute approximate surface area is 131 Å². The van der Waals surface area contributed by atoms with Crippen LogP contribution in [0.15, 0.2) is 41.0 Å². The Hall–Kier alpha value is -0.970. The molecular formula is C15H15BrClFN2. The summed E-state index contributed by atoms with van der Waals surface area (Å²) in [5, 5.41) is 3.77. The van der Waals surface area contributed by atoms with Gasteiger partial charge >= 0.3 is 0 Å². The molecule has 5 heteroatoms. The molecule has 0 aliphatic carbocycles. The molecule has 1 atom stereocenters. The summed E-state index contributed by atoms with van der Waals surface area (Å²) in [5.74, 6) is -0.280. The van der Waals surface area contributed by atoms with Crippen molar-refractivity contribution in [2.45, 2.75) is 19.4 Å². The van der Waals surface area contributed by atoms with Gasteiger partial charge in [0.15, 0.2) is 0 Å². The third-order valence-corrected chi connectivity index (χ3v) is 3.85. The Kier molecular flexibility index (Phi) is 5.52. The topological polar surface area (TPSA) is 24.9 Å². The number of benzene rings is 1. The van der Waals surface area contributed by atoms with E-state index >= 15 is 0 Å². The minimum atomic E-state index is -0.280. The molecule has 0 radical (unpaired) electrons. The lowest BCUT2D eigenvalue weighted by atomic mass is 10.0. The van der Waals surface area contributed by atoms with Gasteiger partial charge in [-0.2, -0.15) is 0 Å². The number of hydrogen-bond donors (Lipinski definition) is 1. The highest BCUT2D eigenvalue weighted by molar-refractivity contribution is 9.10. The van der Waals surface area contributed by atoms with E-state index in [-0.39, 0.29) is 11.9 Å². The number of nitrogens with zero attached hydrogens (tertiary/aromatic N) is 1. The first-order valence-electron chi connectivity index (χ1n) is 6.39. The summed E-state index contributed by atoms with van der Waals surface area (Å²) in [5.41, 5.74) is 1.39. The van der Waals surface area contributed by atoms with Crippen molar-refractivity contribution in [1.29, 1.82) is 0 Å². The highest BCUT2D eigenvalue weighted by Crippen LogP contribution is 2.25. The third-order valence-electron chi connectivity index (χ3n) is 3.03. The number of rotatable bonds is 5. The number of halogens is 3. The Bertz CT molecular complexity index is 554. The lowest BCUT2D eigenvalue weighted by Gasteiger charge is -2.18. The quantitative estimate of drug-likeness (QED) is 0.850. The van der Waals surface area contributed by atoms with Crippen molar-refractivity contribution in [3.63, 3.8) is 0 Å². The van der Waals surface area contributed by atoms with Gasteiger partial charge in [0.25, 0.3) is 0 Å². The van der Waals surface area contributed by atoms with Crippen molar-refractivity contribution < 1.29 is 4.39 Å². The molecule has 0 saturated carbocycles. The second-order valence-electron chi connectivity index (χ2n) is 4.42. The van der Waals surface area contributed by atoms with E-state index in [4.69, 9.17) is 11.6 Å². The van der Waals surface area contributed by atoms with E-state index in [9.17, 15) is 4.39 Å². The molecule has 0 spiro atoms. The molecule has 0 fully saturated rings. The van der Waals surface area contributed by atoms with Crippen LogP contribution >= 0.6 is 27.5 Å². The van der Waals surface area contributed by atoms with E-state index in [2.05, 4.69) is 26.2 Å². The largest absolute Gasteiger partial charge is 0.309 e. The average Bonchev–Trinajstić information content (AvgIpc) is 2.43. The molecule has 1 aromatic heterocycles. The van der Waals surface area contributed by atoms with Crippen LogP contribution in [0.4, 0.5) is 4.39 Å². The molecule has 0 bridgehead atoms. The van der Waals surface area contributed by atoms with Gasteiger partial charge in [-0.3, -0.25) is 4.98 Å². The summed E-state index contributed by atoms with van der Waals surface area (Å²) in [6.45, 7) is 2.78. The van der Waals surface area contributed by atoms with E-state index in [0.717, 1.165) is 16.7 Å². The Balaban J connectivity index is 2.28. The zero-order valence-corrected chi connectivity index (χ0v) is 13.4. The van der Waals surface area contributed by atoms with Gasteiger partial charge in [0.2, 0.25) is 0 Å². The summed E-state index contributed by atoms with van der Waals surface area (Å²) in [7, 11) is 0. The molecule has 2 rings (SSSR count). The van der Waals surface area contributed by atoms with Crippen LogP contribution in [0.5, 0.6) is 0 Å². The van der Waals surface area contributed by atoms with E-state index in [1.165, 1.54) is 6.07 Å². The lowest BCUT2D eigenvalue weighted by molar-refractivity contribution is 0.518. The molecule has 20 heavy (non-hydrogen) atoms. The highest BCUT2D eigenvalue weighted by atomic mass is 79.9. The molecule has 106 valence electrons. The first-order valence-corrected chi connectivity index (χ1v) is 7.56. The smallest absolute Gasteiger partial charge is 0.127 e. The summed E-state index contributed by atoms with van der Waals surface area (Å²) in [6, 6.07) is 8.53. The van der Waals surface area contributed by atoms with Crippen LogP contribution in [0, 0.1) is 5.82 Å². The zero-order chi connectivity index (χ0) is 14.5. The number of hydrogen-bond acceptors (Lipinski definition) is 2. The van der Waals surface area contributed by atoms with Crippen molar-refractivity contribution in [1.82, 2.24) is 10.3 Å². The maximum Gasteiger partial charge on any atom is 0.127 e. The van der Waals surface area contributed by atoms with Crippen LogP contribution < -0.4 is 5.32 Å². The maximum absolute atomic E-state index is 13.9. The van der Waals surface area contributed by atoms with Gasteiger partial charge in [0, 0.05) is 21.3 Å². The van der Waals surface area contributed by atoms with Crippen LogP contribution in [-0.4, -0.2) is 11.5 Å². The Morgan fingerprint density at radius 2 is 2.15 bits per heavy atom. The molecule has 1 unspecified atom stereocenters. The van der Waals surface area contributed by atoms with Gasteiger partial charge in [0.1, 0.15) is 5.82 Å². The van der Waals surface area contributed by atoms with Gasteiger partial charge in [-0.1, -0.05) is 24.6 Å². The average molecular weight is 358 g/mol. The minimum absolute atomic E-state index is 0.0671. The van der Waals surface area contributed by atoms with Crippen molar-refractivity contribution in [2.24, 2.45) is 0 Å². The summed E-state index contributed by atoms with van der Waals surface area (Å²) in [6.07, 6.45) is 2.20. The number of pyridine rings is 1. The predicted molar refractivity (Wildman–Crippen MR) is 83.5 cm³/mol.